The van der Waals surface area contributed by atoms with Gasteiger partial charge in [-0.3, -0.25) is 9.69 Å². The lowest BCUT2D eigenvalue weighted by Crippen LogP contribution is -2.24. The minimum atomic E-state index is -0.0692. The molecule has 6 heteroatoms. The van der Waals surface area contributed by atoms with E-state index in [9.17, 15) is 4.79 Å². The van der Waals surface area contributed by atoms with Crippen molar-refractivity contribution in [3.05, 3.63) is 125 Å². The second-order valence-electron chi connectivity index (χ2n) is 10.8. The molecule has 6 nitrogen and oxygen atoms in total. The Morgan fingerprint density at radius 3 is 2.38 bits per heavy atom. The maximum atomic E-state index is 13.6. The molecule has 3 aromatic carbocycles. The molecule has 214 valence electrons. The average Bonchev–Trinajstić information content (AvgIpc) is 3.38. The van der Waals surface area contributed by atoms with E-state index in [-0.39, 0.29) is 12.0 Å². The fourth-order valence-corrected chi connectivity index (χ4v) is 5.44. The first kappa shape index (κ1) is 27.6. The van der Waals surface area contributed by atoms with Gasteiger partial charge in [-0.15, -0.1) is 0 Å². The SMILES string of the molecule is CCCCC1CCC=C(c2ccc3c(c2)CN(c2ccc(OCc4ccccc4)nc2OCc2ccccc2)C3=O)O1. The Hall–Kier alpha value is -4.58. The van der Waals surface area contributed by atoms with Crippen molar-refractivity contribution in [2.24, 2.45) is 0 Å². The molecular formula is C36H36N2O4. The van der Waals surface area contributed by atoms with Gasteiger partial charge in [-0.05, 0) is 60.2 Å². The summed E-state index contributed by atoms with van der Waals surface area (Å²) in [6.45, 7) is 3.36. The molecule has 42 heavy (non-hydrogen) atoms. The van der Waals surface area contributed by atoms with Crippen LogP contribution in [0.15, 0.2) is 97.1 Å². The Labute approximate surface area is 247 Å². The van der Waals surface area contributed by atoms with Crippen molar-refractivity contribution in [1.29, 1.82) is 0 Å². The van der Waals surface area contributed by atoms with E-state index in [1.54, 1.807) is 11.0 Å². The number of benzene rings is 3. The third-order valence-corrected chi connectivity index (χ3v) is 7.74. The third kappa shape index (κ3) is 6.33. The summed E-state index contributed by atoms with van der Waals surface area (Å²) in [6, 6.07) is 29.6. The molecule has 2 aliphatic rings. The molecule has 4 aromatic rings. The van der Waals surface area contributed by atoms with Crippen LogP contribution in [0.2, 0.25) is 0 Å². The van der Waals surface area contributed by atoms with Crippen LogP contribution in [0.25, 0.3) is 5.76 Å². The Bertz CT molecular complexity index is 1550. The van der Waals surface area contributed by atoms with Gasteiger partial charge in [-0.25, -0.2) is 0 Å². The number of carbonyl (C=O) groups is 1. The molecule has 0 N–H and O–H groups in total. The molecule has 0 spiro atoms. The van der Waals surface area contributed by atoms with E-state index in [0.29, 0.717) is 42.8 Å². The number of unbranched alkanes of at least 4 members (excludes halogenated alkanes) is 1. The van der Waals surface area contributed by atoms with E-state index in [1.165, 1.54) is 12.8 Å². The van der Waals surface area contributed by atoms with E-state index in [0.717, 1.165) is 47.3 Å². The van der Waals surface area contributed by atoms with Gasteiger partial charge in [0.25, 0.3) is 5.91 Å². The van der Waals surface area contributed by atoms with Crippen LogP contribution in [0.1, 0.15) is 71.6 Å². The van der Waals surface area contributed by atoms with Crippen LogP contribution in [0.5, 0.6) is 11.8 Å². The number of fused-ring (bicyclic) bond motifs is 1. The van der Waals surface area contributed by atoms with Gasteiger partial charge in [0, 0.05) is 17.2 Å². The van der Waals surface area contributed by atoms with E-state index in [1.807, 2.05) is 78.9 Å². The number of anilines is 1. The van der Waals surface area contributed by atoms with Crippen molar-refractivity contribution >= 4 is 17.4 Å². The fraction of sp³-hybridized carbons (Fsp3) is 0.278. The van der Waals surface area contributed by atoms with E-state index in [2.05, 4.69) is 19.1 Å². The average molecular weight is 561 g/mol. The van der Waals surface area contributed by atoms with Crippen molar-refractivity contribution in [2.45, 2.75) is 64.9 Å². The topological polar surface area (TPSA) is 60.9 Å². The second kappa shape index (κ2) is 12.9. The monoisotopic (exact) mass is 560 g/mol. The molecule has 0 fully saturated rings. The maximum Gasteiger partial charge on any atom is 0.259 e. The summed E-state index contributed by atoms with van der Waals surface area (Å²) in [4.78, 5) is 20.1. The standard InChI is InChI=1S/C36H36N2O4/c1-2-3-15-30-16-10-17-33(42-30)28-18-19-31-29(22-28)23-38(36(31)39)32-20-21-34(40-24-26-11-6-4-7-12-26)37-35(32)41-25-27-13-8-5-9-14-27/h4-9,11-14,17-22,30H,2-3,10,15-16,23-25H2,1H3. The Balaban J connectivity index is 1.23. The molecule has 2 aliphatic heterocycles. The third-order valence-electron chi connectivity index (χ3n) is 7.74. The molecule has 3 heterocycles. The molecule has 1 amide bonds. The highest BCUT2D eigenvalue weighted by molar-refractivity contribution is 6.10. The van der Waals surface area contributed by atoms with E-state index >= 15 is 0 Å². The van der Waals surface area contributed by atoms with Gasteiger partial charge in [0.15, 0.2) is 0 Å². The zero-order valence-corrected chi connectivity index (χ0v) is 24.0. The van der Waals surface area contributed by atoms with Crippen molar-refractivity contribution in [1.82, 2.24) is 4.98 Å². The van der Waals surface area contributed by atoms with E-state index < -0.39 is 0 Å². The van der Waals surface area contributed by atoms with Gasteiger partial charge in [0.2, 0.25) is 11.8 Å². The van der Waals surface area contributed by atoms with Gasteiger partial charge < -0.3 is 14.2 Å². The number of rotatable bonds is 11. The highest BCUT2D eigenvalue weighted by Crippen LogP contribution is 2.37. The van der Waals surface area contributed by atoms with Crippen LogP contribution < -0.4 is 14.4 Å². The smallest absolute Gasteiger partial charge is 0.259 e. The number of carbonyl (C=O) groups excluding carboxylic acids is 1. The van der Waals surface area contributed by atoms with Crippen LogP contribution in [-0.2, 0) is 24.5 Å². The first-order valence-electron chi connectivity index (χ1n) is 14.8. The Kier molecular flexibility index (Phi) is 8.50. The Morgan fingerprint density at radius 1 is 0.905 bits per heavy atom. The van der Waals surface area contributed by atoms with Gasteiger partial charge in [-0.1, -0.05) is 86.5 Å². The molecular weight excluding hydrogens is 524 g/mol. The first-order chi connectivity index (χ1) is 20.7. The van der Waals surface area contributed by atoms with Crippen LogP contribution >= 0.6 is 0 Å². The summed E-state index contributed by atoms with van der Waals surface area (Å²) in [7, 11) is 0. The van der Waals surface area contributed by atoms with Gasteiger partial charge in [0.05, 0.1) is 12.6 Å². The molecule has 1 atom stereocenters. The summed E-state index contributed by atoms with van der Waals surface area (Å²) >= 11 is 0. The summed E-state index contributed by atoms with van der Waals surface area (Å²) in [5.74, 6) is 1.66. The first-order valence-corrected chi connectivity index (χ1v) is 14.8. The van der Waals surface area contributed by atoms with Crippen LogP contribution in [0, 0.1) is 0 Å². The zero-order valence-electron chi connectivity index (χ0n) is 24.0. The minimum absolute atomic E-state index is 0.0692. The highest BCUT2D eigenvalue weighted by atomic mass is 16.5. The molecule has 6 rings (SSSR count). The van der Waals surface area contributed by atoms with Crippen LogP contribution in [0.4, 0.5) is 5.69 Å². The molecule has 0 saturated carbocycles. The lowest BCUT2D eigenvalue weighted by Gasteiger charge is -2.25. The van der Waals surface area contributed by atoms with Gasteiger partial charge >= 0.3 is 0 Å². The summed E-state index contributed by atoms with van der Waals surface area (Å²) < 4.78 is 18.6. The van der Waals surface area contributed by atoms with E-state index in [4.69, 9.17) is 19.2 Å². The van der Waals surface area contributed by atoms with Crippen molar-refractivity contribution < 1.29 is 19.0 Å². The van der Waals surface area contributed by atoms with Crippen molar-refractivity contribution in [3.63, 3.8) is 0 Å². The summed E-state index contributed by atoms with van der Waals surface area (Å²) in [5.41, 5.74) is 5.36. The predicted octanol–water partition coefficient (Wildman–Crippen LogP) is 8.11. The largest absolute Gasteiger partial charge is 0.490 e. The van der Waals surface area contributed by atoms with Crippen LogP contribution in [0.3, 0.4) is 0 Å². The minimum Gasteiger partial charge on any atom is -0.490 e. The molecule has 0 aliphatic carbocycles. The number of nitrogens with zero attached hydrogens (tertiary/aromatic N) is 2. The molecule has 1 aromatic heterocycles. The normalized spacial score (nSPS) is 16.0. The van der Waals surface area contributed by atoms with Gasteiger partial charge in [0.1, 0.15) is 24.7 Å². The van der Waals surface area contributed by atoms with Crippen LogP contribution in [-0.4, -0.2) is 17.0 Å². The van der Waals surface area contributed by atoms with Crippen molar-refractivity contribution in [3.8, 4) is 11.8 Å². The van der Waals surface area contributed by atoms with Gasteiger partial charge in [-0.2, -0.15) is 4.98 Å². The highest BCUT2D eigenvalue weighted by Gasteiger charge is 2.32. The number of aromatic nitrogens is 1. The predicted molar refractivity (Wildman–Crippen MR) is 164 cm³/mol. The lowest BCUT2D eigenvalue weighted by atomic mass is 10.0. The number of amides is 1. The maximum absolute atomic E-state index is 13.6. The number of ether oxygens (including phenoxy) is 3. The number of hydrogen-bond donors (Lipinski definition) is 0. The Morgan fingerprint density at radius 2 is 1.64 bits per heavy atom. The fourth-order valence-electron chi connectivity index (χ4n) is 5.44. The summed E-state index contributed by atoms with van der Waals surface area (Å²) in [6.07, 6.45) is 7.92. The second-order valence-corrected chi connectivity index (χ2v) is 10.8. The quantitative estimate of drug-likeness (QED) is 0.185. The molecule has 0 radical (unpaired) electrons. The number of pyridine rings is 1. The number of hydrogen-bond acceptors (Lipinski definition) is 5. The molecule has 1 unspecified atom stereocenters. The number of allylic oxidation sites excluding steroid dienone is 1. The zero-order chi connectivity index (χ0) is 28.7. The molecule has 0 bridgehead atoms. The molecule has 0 saturated heterocycles. The lowest BCUT2D eigenvalue weighted by molar-refractivity contribution is 0.0995. The summed E-state index contributed by atoms with van der Waals surface area (Å²) in [5, 5.41) is 0. The van der Waals surface area contributed by atoms with Crippen molar-refractivity contribution in [2.75, 3.05) is 4.90 Å².